The van der Waals surface area contributed by atoms with Crippen LogP contribution in [0.3, 0.4) is 0 Å². The van der Waals surface area contributed by atoms with Gasteiger partial charge in [-0.1, -0.05) is 59.6 Å². The highest BCUT2D eigenvalue weighted by Gasteiger charge is 2.23. The predicted molar refractivity (Wildman–Crippen MR) is 138 cm³/mol. The van der Waals surface area contributed by atoms with Crippen LogP contribution in [0, 0.1) is 13.8 Å². The predicted octanol–water partition coefficient (Wildman–Crippen LogP) is 6.37. The average Bonchev–Trinajstić information content (AvgIpc) is 2.77. The molecule has 0 aliphatic rings. The Morgan fingerprint density at radius 3 is 1.35 bits per heavy atom. The van der Waals surface area contributed by atoms with Crippen LogP contribution in [0.1, 0.15) is 11.1 Å². The van der Waals surface area contributed by atoms with Gasteiger partial charge in [0.05, 0.1) is 21.2 Å². The quantitative estimate of drug-likeness (QED) is 0.300. The largest absolute Gasteiger partial charge is 0.277 e. The fraction of sp³-hybridized carbons (Fsp3) is 0.0833. The molecule has 176 valence electrons. The molecular formula is C24H20Cl2N2O4S2. The highest BCUT2D eigenvalue weighted by Crippen LogP contribution is 2.34. The van der Waals surface area contributed by atoms with Gasteiger partial charge in [-0.15, -0.1) is 0 Å². The van der Waals surface area contributed by atoms with Crippen LogP contribution in [0.25, 0.3) is 10.8 Å². The molecule has 0 radical (unpaired) electrons. The van der Waals surface area contributed by atoms with Gasteiger partial charge in [0.25, 0.3) is 20.0 Å². The second-order valence-corrected chi connectivity index (χ2v) is 11.8. The summed E-state index contributed by atoms with van der Waals surface area (Å²) < 4.78 is 58.0. The van der Waals surface area contributed by atoms with E-state index in [4.69, 9.17) is 23.2 Å². The molecule has 0 heterocycles. The van der Waals surface area contributed by atoms with Crippen LogP contribution in [-0.4, -0.2) is 16.8 Å². The van der Waals surface area contributed by atoms with Crippen molar-refractivity contribution in [3.8, 4) is 0 Å². The van der Waals surface area contributed by atoms with E-state index in [9.17, 15) is 16.8 Å². The van der Waals surface area contributed by atoms with Crippen molar-refractivity contribution in [3.63, 3.8) is 0 Å². The molecule has 0 spiro atoms. The lowest BCUT2D eigenvalue weighted by atomic mass is 10.1. The number of sulfonamides is 2. The highest BCUT2D eigenvalue weighted by molar-refractivity contribution is 7.93. The van der Waals surface area contributed by atoms with E-state index in [2.05, 4.69) is 9.44 Å². The number of benzene rings is 4. The third-order valence-electron chi connectivity index (χ3n) is 5.39. The van der Waals surface area contributed by atoms with E-state index in [1.54, 1.807) is 62.4 Å². The van der Waals surface area contributed by atoms with Crippen LogP contribution < -0.4 is 9.44 Å². The second-order valence-electron chi connectivity index (χ2n) is 7.68. The first-order chi connectivity index (χ1) is 16.0. The maximum Gasteiger partial charge on any atom is 0.262 e. The summed E-state index contributed by atoms with van der Waals surface area (Å²) in [6.07, 6.45) is 0. The van der Waals surface area contributed by atoms with Gasteiger partial charge in [0.1, 0.15) is 0 Å². The van der Waals surface area contributed by atoms with Gasteiger partial charge in [-0.25, -0.2) is 16.8 Å². The Morgan fingerprint density at radius 1 is 0.588 bits per heavy atom. The number of rotatable bonds is 6. The maximum atomic E-state index is 13.2. The van der Waals surface area contributed by atoms with Crippen LogP contribution in [0.4, 0.5) is 11.4 Å². The summed E-state index contributed by atoms with van der Waals surface area (Å²) in [5.74, 6) is 0. The Bertz CT molecular complexity index is 1510. The summed E-state index contributed by atoms with van der Waals surface area (Å²) in [4.78, 5) is -0.0136. The normalized spacial score (nSPS) is 12.0. The van der Waals surface area contributed by atoms with Crippen LogP contribution in [0.2, 0.25) is 10.0 Å². The average molecular weight is 535 g/mol. The molecule has 4 rings (SSSR count). The number of halogens is 2. The molecule has 0 bridgehead atoms. The third kappa shape index (κ3) is 4.72. The van der Waals surface area contributed by atoms with Gasteiger partial charge >= 0.3 is 0 Å². The topological polar surface area (TPSA) is 92.3 Å². The molecule has 0 fully saturated rings. The number of hydrogen-bond acceptors (Lipinski definition) is 4. The molecule has 0 amide bonds. The molecule has 4 aromatic rings. The molecule has 0 aliphatic heterocycles. The summed E-state index contributed by atoms with van der Waals surface area (Å²) in [5, 5.41) is 2.06. The van der Waals surface area contributed by atoms with Gasteiger partial charge in [-0.05, 0) is 72.1 Å². The standard InChI is InChI=1S/C24H20Cl2N2O4S2/c1-15-19(25)9-5-11-23(15)33(29,30)27-21-13-17-7-3-4-8-18(17)14-22(21)28-34(31,32)24-12-6-10-20(26)16(24)2/h3-14,27-28H,1-2H3. The van der Waals surface area contributed by atoms with E-state index >= 15 is 0 Å². The molecule has 4 aromatic carbocycles. The maximum absolute atomic E-state index is 13.2. The molecule has 6 nitrogen and oxygen atoms in total. The third-order valence-corrected chi connectivity index (χ3v) is 9.23. The van der Waals surface area contributed by atoms with Crippen LogP contribution in [0.15, 0.2) is 82.6 Å². The van der Waals surface area contributed by atoms with Gasteiger partial charge in [-0.2, -0.15) is 0 Å². The Balaban J connectivity index is 1.84. The monoisotopic (exact) mass is 534 g/mol. The Labute approximate surface area is 208 Å². The minimum atomic E-state index is -4.08. The zero-order valence-electron chi connectivity index (χ0n) is 18.1. The van der Waals surface area contributed by atoms with E-state index in [0.717, 1.165) is 10.8 Å². The molecule has 0 atom stereocenters. The smallest absolute Gasteiger partial charge is 0.262 e. The van der Waals surface area contributed by atoms with E-state index in [-0.39, 0.29) is 21.2 Å². The van der Waals surface area contributed by atoms with Crippen LogP contribution in [-0.2, 0) is 20.0 Å². The van der Waals surface area contributed by atoms with E-state index in [1.165, 1.54) is 24.3 Å². The molecular weight excluding hydrogens is 515 g/mol. The lowest BCUT2D eigenvalue weighted by Crippen LogP contribution is -2.19. The molecule has 34 heavy (non-hydrogen) atoms. The first-order valence-electron chi connectivity index (χ1n) is 10.1. The molecule has 0 saturated carbocycles. The Kier molecular flexibility index (Phi) is 6.52. The fourth-order valence-electron chi connectivity index (χ4n) is 3.57. The second kappa shape index (κ2) is 9.11. The van der Waals surface area contributed by atoms with E-state index < -0.39 is 20.0 Å². The first kappa shape index (κ1) is 24.3. The number of anilines is 2. The lowest BCUT2D eigenvalue weighted by Gasteiger charge is -2.18. The van der Waals surface area contributed by atoms with Crippen molar-refractivity contribution in [2.24, 2.45) is 0 Å². The van der Waals surface area contributed by atoms with Crippen molar-refractivity contribution in [1.29, 1.82) is 0 Å². The van der Waals surface area contributed by atoms with Crippen molar-refractivity contribution in [2.75, 3.05) is 9.44 Å². The number of hydrogen-bond donors (Lipinski definition) is 2. The molecule has 10 heteroatoms. The van der Waals surface area contributed by atoms with E-state index in [1.807, 2.05) is 0 Å². The van der Waals surface area contributed by atoms with Gasteiger partial charge in [0, 0.05) is 10.0 Å². The van der Waals surface area contributed by atoms with Crippen molar-refractivity contribution in [3.05, 3.63) is 94.0 Å². The molecule has 0 aliphatic carbocycles. The van der Waals surface area contributed by atoms with E-state index in [0.29, 0.717) is 21.2 Å². The zero-order chi connectivity index (χ0) is 24.7. The minimum absolute atomic E-state index is 0.00680. The van der Waals surface area contributed by atoms with Crippen molar-refractivity contribution in [2.45, 2.75) is 23.6 Å². The Morgan fingerprint density at radius 2 is 0.971 bits per heavy atom. The summed E-state index contributed by atoms with van der Waals surface area (Å²) in [6.45, 7) is 3.20. The van der Waals surface area contributed by atoms with Gasteiger partial charge < -0.3 is 0 Å². The fourth-order valence-corrected chi connectivity index (χ4v) is 6.71. The first-order valence-corrected chi connectivity index (χ1v) is 13.8. The van der Waals surface area contributed by atoms with Gasteiger partial charge in [-0.3, -0.25) is 9.44 Å². The summed E-state index contributed by atoms with van der Waals surface area (Å²) >= 11 is 12.2. The van der Waals surface area contributed by atoms with Gasteiger partial charge in [0.2, 0.25) is 0 Å². The van der Waals surface area contributed by atoms with Crippen molar-refractivity contribution < 1.29 is 16.8 Å². The zero-order valence-corrected chi connectivity index (χ0v) is 21.3. The summed E-state index contributed by atoms with van der Waals surface area (Å²) in [6, 6.07) is 19.5. The summed E-state index contributed by atoms with van der Waals surface area (Å²) in [5.41, 5.74) is 0.908. The number of nitrogens with one attached hydrogen (secondary N) is 2. The Hall–Kier alpha value is -2.78. The summed E-state index contributed by atoms with van der Waals surface area (Å²) in [7, 11) is -8.17. The highest BCUT2D eigenvalue weighted by atomic mass is 35.5. The molecule has 2 N–H and O–H groups in total. The minimum Gasteiger partial charge on any atom is -0.277 e. The van der Waals surface area contributed by atoms with Crippen LogP contribution >= 0.6 is 23.2 Å². The van der Waals surface area contributed by atoms with Gasteiger partial charge in [0.15, 0.2) is 0 Å². The SMILES string of the molecule is Cc1c(Cl)cccc1S(=O)(=O)Nc1cc2ccccc2cc1NS(=O)(=O)c1cccc(Cl)c1C. The van der Waals surface area contributed by atoms with Crippen molar-refractivity contribution >= 4 is 65.4 Å². The number of fused-ring (bicyclic) bond motifs is 1. The molecule has 0 saturated heterocycles. The van der Waals surface area contributed by atoms with Crippen LogP contribution in [0.5, 0.6) is 0 Å². The van der Waals surface area contributed by atoms with Crippen molar-refractivity contribution in [1.82, 2.24) is 0 Å². The lowest BCUT2D eigenvalue weighted by molar-refractivity contribution is 0.598. The molecule has 0 unspecified atom stereocenters. The molecule has 0 aromatic heterocycles.